The van der Waals surface area contributed by atoms with E-state index in [9.17, 15) is 4.39 Å². The molecule has 0 bridgehead atoms. The predicted molar refractivity (Wildman–Crippen MR) is 71.5 cm³/mol. The fraction of sp³-hybridized carbons (Fsp3) is 0.538. The summed E-state index contributed by atoms with van der Waals surface area (Å²) >= 11 is 3.38. The number of hydrogen-bond donors (Lipinski definition) is 1. The van der Waals surface area contributed by atoms with Gasteiger partial charge in [0.2, 0.25) is 0 Å². The van der Waals surface area contributed by atoms with Crippen LogP contribution in [0, 0.1) is 5.82 Å². The molecule has 0 amide bonds. The first-order chi connectivity index (χ1) is 8.16. The third-order valence-electron chi connectivity index (χ3n) is 3.32. The number of rotatable bonds is 3. The van der Waals surface area contributed by atoms with Crippen molar-refractivity contribution in [2.45, 2.75) is 25.4 Å². The maximum absolute atomic E-state index is 13.6. The second-order valence-electron chi connectivity index (χ2n) is 4.65. The monoisotopic (exact) mass is 300 g/mol. The highest BCUT2D eigenvalue weighted by Gasteiger charge is 2.18. The Kier molecular flexibility index (Phi) is 4.54. The molecule has 0 saturated carbocycles. The van der Waals surface area contributed by atoms with E-state index in [0.717, 1.165) is 23.1 Å². The quantitative estimate of drug-likeness (QED) is 0.923. The van der Waals surface area contributed by atoms with Gasteiger partial charge in [0.25, 0.3) is 0 Å². The lowest BCUT2D eigenvalue weighted by Gasteiger charge is -2.31. The van der Waals surface area contributed by atoms with Crippen molar-refractivity contribution in [3.8, 4) is 0 Å². The number of halogens is 2. The van der Waals surface area contributed by atoms with E-state index < -0.39 is 0 Å². The van der Waals surface area contributed by atoms with Gasteiger partial charge in [-0.15, -0.1) is 0 Å². The molecule has 0 spiro atoms. The minimum atomic E-state index is -0.121. The van der Waals surface area contributed by atoms with Gasteiger partial charge in [0.1, 0.15) is 5.82 Å². The predicted octanol–water partition coefficient (Wildman–Crippen LogP) is 2.77. The third-order valence-corrected chi connectivity index (χ3v) is 3.81. The van der Waals surface area contributed by atoms with E-state index in [1.165, 1.54) is 18.9 Å². The summed E-state index contributed by atoms with van der Waals surface area (Å²) in [5.41, 5.74) is 0.757. The lowest BCUT2D eigenvalue weighted by molar-refractivity contribution is 0.194. The summed E-state index contributed by atoms with van der Waals surface area (Å²) in [5.74, 6) is -0.121. The second-order valence-corrected chi connectivity index (χ2v) is 5.57. The first-order valence-corrected chi connectivity index (χ1v) is 6.81. The normalized spacial score (nSPS) is 20.8. The zero-order valence-electron chi connectivity index (χ0n) is 10.0. The van der Waals surface area contributed by atoms with Gasteiger partial charge in [-0.3, -0.25) is 4.90 Å². The molecule has 1 aliphatic rings. The van der Waals surface area contributed by atoms with Crippen LogP contribution in [0.3, 0.4) is 0 Å². The zero-order valence-corrected chi connectivity index (χ0v) is 11.6. The van der Waals surface area contributed by atoms with E-state index in [1.54, 1.807) is 6.07 Å². The number of benzene rings is 1. The largest absolute Gasteiger partial charge is 0.315 e. The molecule has 4 heteroatoms. The highest BCUT2D eigenvalue weighted by atomic mass is 79.9. The van der Waals surface area contributed by atoms with Crippen molar-refractivity contribution in [2.75, 3.05) is 20.1 Å². The highest BCUT2D eigenvalue weighted by Crippen LogP contribution is 2.19. The number of nitrogens with zero attached hydrogens (tertiary/aromatic N) is 1. The minimum Gasteiger partial charge on any atom is -0.315 e. The van der Waals surface area contributed by atoms with Gasteiger partial charge in [0.15, 0.2) is 0 Å². The molecular weight excluding hydrogens is 283 g/mol. The van der Waals surface area contributed by atoms with Crippen molar-refractivity contribution in [3.05, 3.63) is 34.1 Å². The molecule has 0 aromatic heterocycles. The zero-order chi connectivity index (χ0) is 12.3. The average molecular weight is 301 g/mol. The molecule has 1 saturated heterocycles. The van der Waals surface area contributed by atoms with Crippen LogP contribution in [-0.4, -0.2) is 31.1 Å². The van der Waals surface area contributed by atoms with Crippen LogP contribution in [-0.2, 0) is 6.54 Å². The van der Waals surface area contributed by atoms with Crippen molar-refractivity contribution >= 4 is 15.9 Å². The number of hydrogen-bond acceptors (Lipinski definition) is 2. The van der Waals surface area contributed by atoms with Gasteiger partial charge in [0, 0.05) is 29.2 Å². The highest BCUT2D eigenvalue weighted by molar-refractivity contribution is 9.10. The maximum Gasteiger partial charge on any atom is 0.127 e. The molecule has 1 N–H and O–H groups in total. The van der Waals surface area contributed by atoms with Crippen molar-refractivity contribution in [1.29, 1.82) is 0 Å². The second kappa shape index (κ2) is 5.94. The van der Waals surface area contributed by atoms with E-state index in [1.807, 2.05) is 6.07 Å². The molecule has 2 rings (SSSR count). The molecular formula is C13H18BrFN2. The van der Waals surface area contributed by atoms with E-state index in [2.05, 4.69) is 33.2 Å². The van der Waals surface area contributed by atoms with Crippen molar-refractivity contribution in [2.24, 2.45) is 0 Å². The van der Waals surface area contributed by atoms with Gasteiger partial charge in [0.05, 0.1) is 0 Å². The van der Waals surface area contributed by atoms with Gasteiger partial charge in [-0.05, 0) is 44.6 Å². The van der Waals surface area contributed by atoms with Gasteiger partial charge < -0.3 is 5.32 Å². The fourth-order valence-electron chi connectivity index (χ4n) is 2.27. The van der Waals surface area contributed by atoms with Crippen LogP contribution in [0.15, 0.2) is 22.7 Å². The van der Waals surface area contributed by atoms with Crippen LogP contribution in [0.5, 0.6) is 0 Å². The van der Waals surface area contributed by atoms with Gasteiger partial charge in [-0.1, -0.05) is 15.9 Å². The summed E-state index contributed by atoms with van der Waals surface area (Å²) in [6.07, 6.45) is 2.40. The van der Waals surface area contributed by atoms with Gasteiger partial charge in [-0.2, -0.15) is 0 Å². The van der Waals surface area contributed by atoms with Gasteiger partial charge in [-0.25, -0.2) is 4.39 Å². The SMILES string of the molecule is CN(Cc1cc(Br)ccc1F)C1CCCNC1. The minimum absolute atomic E-state index is 0.121. The molecule has 2 nitrogen and oxygen atoms in total. The molecule has 94 valence electrons. The van der Waals surface area contributed by atoms with Crippen LogP contribution in [0.25, 0.3) is 0 Å². The molecule has 1 fully saturated rings. The Bertz CT molecular complexity index is 378. The fourth-order valence-corrected chi connectivity index (χ4v) is 2.68. The maximum atomic E-state index is 13.6. The summed E-state index contributed by atoms with van der Waals surface area (Å²) in [5, 5.41) is 3.38. The first kappa shape index (κ1) is 13.0. The van der Waals surface area contributed by atoms with Crippen molar-refractivity contribution < 1.29 is 4.39 Å². The Morgan fingerprint density at radius 3 is 3.06 bits per heavy atom. The molecule has 0 aliphatic carbocycles. The summed E-state index contributed by atoms with van der Waals surface area (Å²) in [6, 6.07) is 5.64. The first-order valence-electron chi connectivity index (χ1n) is 6.01. The Hall–Kier alpha value is -0.450. The van der Waals surface area contributed by atoms with Crippen LogP contribution in [0.2, 0.25) is 0 Å². The topological polar surface area (TPSA) is 15.3 Å². The summed E-state index contributed by atoms with van der Waals surface area (Å²) in [6.45, 7) is 2.78. The lowest BCUT2D eigenvalue weighted by atomic mass is 10.1. The van der Waals surface area contributed by atoms with Crippen LogP contribution in [0.1, 0.15) is 18.4 Å². The van der Waals surface area contributed by atoms with E-state index in [0.29, 0.717) is 12.6 Å². The Morgan fingerprint density at radius 2 is 2.35 bits per heavy atom. The Morgan fingerprint density at radius 1 is 1.53 bits per heavy atom. The summed E-state index contributed by atoms with van der Waals surface area (Å²) in [4.78, 5) is 2.23. The Labute approximate surface area is 110 Å². The molecule has 1 aromatic rings. The lowest BCUT2D eigenvalue weighted by Crippen LogP contribution is -2.43. The molecule has 1 aromatic carbocycles. The van der Waals surface area contributed by atoms with Crippen LogP contribution < -0.4 is 5.32 Å². The van der Waals surface area contributed by atoms with Crippen LogP contribution >= 0.6 is 15.9 Å². The molecule has 1 aliphatic heterocycles. The van der Waals surface area contributed by atoms with Gasteiger partial charge >= 0.3 is 0 Å². The van der Waals surface area contributed by atoms with E-state index >= 15 is 0 Å². The van der Waals surface area contributed by atoms with E-state index in [-0.39, 0.29) is 5.82 Å². The van der Waals surface area contributed by atoms with Crippen molar-refractivity contribution in [3.63, 3.8) is 0 Å². The molecule has 17 heavy (non-hydrogen) atoms. The molecule has 0 radical (unpaired) electrons. The standard InChI is InChI=1S/C13H18BrFN2/c1-17(12-3-2-6-16-8-12)9-10-7-11(14)4-5-13(10)15/h4-5,7,12,16H,2-3,6,8-9H2,1H3. The average Bonchev–Trinajstić information content (AvgIpc) is 2.35. The molecule has 1 heterocycles. The summed E-state index contributed by atoms with van der Waals surface area (Å²) in [7, 11) is 2.07. The van der Waals surface area contributed by atoms with E-state index in [4.69, 9.17) is 0 Å². The smallest absolute Gasteiger partial charge is 0.127 e. The Balaban J connectivity index is 2.01. The third kappa shape index (κ3) is 3.50. The molecule has 1 atom stereocenters. The summed E-state index contributed by atoms with van der Waals surface area (Å²) < 4.78 is 14.6. The number of piperidine rings is 1. The number of nitrogens with one attached hydrogen (secondary N) is 1. The van der Waals surface area contributed by atoms with Crippen LogP contribution in [0.4, 0.5) is 4.39 Å². The number of likely N-dealkylation sites (N-methyl/N-ethyl adjacent to an activating group) is 1. The molecule has 1 unspecified atom stereocenters. The van der Waals surface area contributed by atoms with Crippen molar-refractivity contribution in [1.82, 2.24) is 10.2 Å².